The van der Waals surface area contributed by atoms with Gasteiger partial charge in [0.05, 0.1) is 11.9 Å². The van der Waals surface area contributed by atoms with E-state index in [0.29, 0.717) is 5.02 Å². The molecule has 0 aliphatic carbocycles. The van der Waals surface area contributed by atoms with Crippen LogP contribution < -0.4 is 9.62 Å². The standard InChI is InChI=1S/C15H21ClN2O5S/c1-15(2,3)17-13(19)10-23-14(20)9-18(24(4,21)22)12-7-5-6-11(16)8-12/h5-8H,9-10H2,1-4H3,(H,17,19). The molecule has 0 spiro atoms. The van der Waals surface area contributed by atoms with E-state index in [0.717, 1.165) is 10.6 Å². The molecule has 0 saturated carbocycles. The number of rotatable bonds is 6. The molecule has 9 heteroatoms. The second-order valence-electron chi connectivity index (χ2n) is 6.21. The fourth-order valence-corrected chi connectivity index (χ4v) is 2.82. The van der Waals surface area contributed by atoms with E-state index in [1.165, 1.54) is 12.1 Å². The minimum absolute atomic E-state index is 0.237. The number of benzene rings is 1. The number of carbonyl (C=O) groups is 2. The molecule has 0 radical (unpaired) electrons. The third-order valence-electron chi connectivity index (χ3n) is 2.65. The minimum atomic E-state index is -3.72. The van der Waals surface area contributed by atoms with Gasteiger partial charge in [-0.15, -0.1) is 0 Å². The Morgan fingerprint density at radius 3 is 2.42 bits per heavy atom. The molecular weight excluding hydrogens is 356 g/mol. The monoisotopic (exact) mass is 376 g/mol. The molecule has 1 aromatic carbocycles. The summed E-state index contributed by atoms with van der Waals surface area (Å²) >= 11 is 5.85. The van der Waals surface area contributed by atoms with Crippen molar-refractivity contribution in [2.75, 3.05) is 23.7 Å². The van der Waals surface area contributed by atoms with Crippen LogP contribution in [0.3, 0.4) is 0 Å². The van der Waals surface area contributed by atoms with Gasteiger partial charge >= 0.3 is 5.97 Å². The van der Waals surface area contributed by atoms with Gasteiger partial charge in [-0.1, -0.05) is 17.7 Å². The van der Waals surface area contributed by atoms with Crippen molar-refractivity contribution >= 4 is 39.2 Å². The first-order chi connectivity index (χ1) is 10.9. The van der Waals surface area contributed by atoms with E-state index in [9.17, 15) is 18.0 Å². The van der Waals surface area contributed by atoms with E-state index in [4.69, 9.17) is 16.3 Å². The molecule has 0 bridgehead atoms. The molecule has 0 saturated heterocycles. The summed E-state index contributed by atoms with van der Waals surface area (Å²) in [5.41, 5.74) is -0.218. The highest BCUT2D eigenvalue weighted by Gasteiger charge is 2.23. The lowest BCUT2D eigenvalue weighted by atomic mass is 10.1. The van der Waals surface area contributed by atoms with Crippen LogP contribution in [-0.4, -0.2) is 45.2 Å². The molecule has 0 aliphatic rings. The summed E-state index contributed by atoms with van der Waals surface area (Å²) < 4.78 is 29.5. The molecule has 7 nitrogen and oxygen atoms in total. The van der Waals surface area contributed by atoms with Crippen molar-refractivity contribution in [2.45, 2.75) is 26.3 Å². The maximum Gasteiger partial charge on any atom is 0.327 e. The number of nitrogens with zero attached hydrogens (tertiary/aromatic N) is 1. The van der Waals surface area contributed by atoms with E-state index in [-0.39, 0.29) is 5.69 Å². The zero-order chi connectivity index (χ0) is 18.5. The van der Waals surface area contributed by atoms with Crippen molar-refractivity contribution in [3.8, 4) is 0 Å². The molecule has 0 fully saturated rings. The summed E-state index contributed by atoms with van der Waals surface area (Å²) in [6.07, 6.45) is 0.966. The first kappa shape index (κ1) is 20.2. The Balaban J connectivity index is 2.75. The Kier molecular flexibility index (Phi) is 6.62. The van der Waals surface area contributed by atoms with Gasteiger partial charge in [-0.25, -0.2) is 8.42 Å². The maximum atomic E-state index is 11.9. The van der Waals surface area contributed by atoms with Crippen LogP contribution in [0.4, 0.5) is 5.69 Å². The highest BCUT2D eigenvalue weighted by Crippen LogP contribution is 2.21. The quantitative estimate of drug-likeness (QED) is 0.760. The summed E-state index contributed by atoms with van der Waals surface area (Å²) in [6.45, 7) is 4.33. The summed E-state index contributed by atoms with van der Waals surface area (Å²) in [5.74, 6) is -1.31. The van der Waals surface area contributed by atoms with Crippen molar-refractivity contribution in [1.82, 2.24) is 5.32 Å². The number of esters is 1. The largest absolute Gasteiger partial charge is 0.454 e. The molecule has 1 N–H and O–H groups in total. The molecule has 134 valence electrons. The van der Waals surface area contributed by atoms with Crippen LogP contribution in [0.15, 0.2) is 24.3 Å². The molecule has 1 rings (SSSR count). The lowest BCUT2D eigenvalue weighted by molar-refractivity contribution is -0.147. The fraction of sp³-hybridized carbons (Fsp3) is 0.467. The Bertz CT molecular complexity index is 713. The van der Waals surface area contributed by atoms with E-state index in [1.807, 2.05) is 0 Å². The molecule has 1 amide bonds. The van der Waals surface area contributed by atoms with Crippen molar-refractivity contribution in [3.63, 3.8) is 0 Å². The van der Waals surface area contributed by atoms with Gasteiger partial charge in [-0.05, 0) is 39.0 Å². The second-order valence-corrected chi connectivity index (χ2v) is 8.55. The zero-order valence-electron chi connectivity index (χ0n) is 14.0. The number of halogens is 1. The Hall–Kier alpha value is -1.80. The molecule has 0 aromatic heterocycles. The number of sulfonamides is 1. The van der Waals surface area contributed by atoms with Gasteiger partial charge in [-0.2, -0.15) is 0 Å². The van der Waals surface area contributed by atoms with E-state index in [2.05, 4.69) is 5.32 Å². The van der Waals surface area contributed by atoms with Crippen molar-refractivity contribution in [2.24, 2.45) is 0 Å². The number of hydrogen-bond donors (Lipinski definition) is 1. The Morgan fingerprint density at radius 2 is 1.92 bits per heavy atom. The average Bonchev–Trinajstić information content (AvgIpc) is 2.39. The van der Waals surface area contributed by atoms with Gasteiger partial charge in [0.2, 0.25) is 10.0 Å². The number of amides is 1. The first-order valence-electron chi connectivity index (χ1n) is 7.08. The Morgan fingerprint density at radius 1 is 1.29 bits per heavy atom. The van der Waals surface area contributed by atoms with E-state index in [1.54, 1.807) is 32.9 Å². The molecule has 0 unspecified atom stereocenters. The molecule has 0 heterocycles. The Labute approximate surface area is 147 Å². The van der Waals surface area contributed by atoms with Crippen LogP contribution in [0.2, 0.25) is 5.02 Å². The highest BCUT2D eigenvalue weighted by atomic mass is 35.5. The lowest BCUT2D eigenvalue weighted by Gasteiger charge is -2.22. The third kappa shape index (κ3) is 7.18. The topological polar surface area (TPSA) is 92.8 Å². The van der Waals surface area contributed by atoms with Crippen molar-refractivity contribution < 1.29 is 22.7 Å². The molecule has 0 aliphatic heterocycles. The fourth-order valence-electron chi connectivity index (χ4n) is 1.79. The smallest absolute Gasteiger partial charge is 0.327 e. The van der Waals surface area contributed by atoms with Crippen LogP contribution in [0.5, 0.6) is 0 Å². The van der Waals surface area contributed by atoms with Gasteiger partial charge < -0.3 is 10.1 Å². The molecule has 1 aromatic rings. The minimum Gasteiger partial charge on any atom is -0.454 e. The first-order valence-corrected chi connectivity index (χ1v) is 9.31. The summed E-state index contributed by atoms with van der Waals surface area (Å²) in [5, 5.41) is 2.96. The van der Waals surface area contributed by atoms with E-state index >= 15 is 0 Å². The van der Waals surface area contributed by atoms with Gasteiger partial charge in [-0.3, -0.25) is 13.9 Å². The van der Waals surface area contributed by atoms with Gasteiger partial charge in [0.15, 0.2) is 6.61 Å². The zero-order valence-corrected chi connectivity index (χ0v) is 15.6. The molecule has 0 atom stereocenters. The van der Waals surface area contributed by atoms with Crippen LogP contribution in [0.25, 0.3) is 0 Å². The average molecular weight is 377 g/mol. The summed E-state index contributed by atoms with van der Waals surface area (Å²) in [6, 6.07) is 6.08. The number of hydrogen-bond acceptors (Lipinski definition) is 5. The number of carbonyl (C=O) groups excluding carboxylic acids is 2. The van der Waals surface area contributed by atoms with Crippen LogP contribution in [0, 0.1) is 0 Å². The second kappa shape index (κ2) is 7.85. The normalized spacial score (nSPS) is 11.7. The van der Waals surface area contributed by atoms with Gasteiger partial charge in [0.25, 0.3) is 5.91 Å². The number of ether oxygens (including phenoxy) is 1. The van der Waals surface area contributed by atoms with Crippen LogP contribution in [0.1, 0.15) is 20.8 Å². The summed E-state index contributed by atoms with van der Waals surface area (Å²) in [7, 11) is -3.72. The van der Waals surface area contributed by atoms with Crippen molar-refractivity contribution in [1.29, 1.82) is 0 Å². The van der Waals surface area contributed by atoms with Crippen molar-refractivity contribution in [3.05, 3.63) is 29.3 Å². The predicted molar refractivity (Wildman–Crippen MR) is 92.5 cm³/mol. The molecular formula is C15H21ClN2O5S. The predicted octanol–water partition coefficient (Wildman–Crippen LogP) is 1.56. The van der Waals surface area contributed by atoms with Crippen LogP contribution in [-0.2, 0) is 24.3 Å². The SMILES string of the molecule is CC(C)(C)NC(=O)COC(=O)CN(c1cccc(Cl)c1)S(C)(=O)=O. The lowest BCUT2D eigenvalue weighted by Crippen LogP contribution is -2.43. The third-order valence-corrected chi connectivity index (χ3v) is 4.02. The summed E-state index contributed by atoms with van der Waals surface area (Å²) in [4.78, 5) is 23.5. The van der Waals surface area contributed by atoms with E-state index < -0.39 is 40.6 Å². The van der Waals surface area contributed by atoms with Gasteiger partial charge in [0.1, 0.15) is 6.54 Å². The maximum absolute atomic E-state index is 11.9. The molecule has 24 heavy (non-hydrogen) atoms. The highest BCUT2D eigenvalue weighted by molar-refractivity contribution is 7.92. The van der Waals surface area contributed by atoms with Crippen LogP contribution >= 0.6 is 11.6 Å². The van der Waals surface area contributed by atoms with Gasteiger partial charge in [0, 0.05) is 10.6 Å². The number of anilines is 1. The number of nitrogens with one attached hydrogen (secondary N) is 1.